The molecule has 0 unspecified atom stereocenters. The third-order valence-electron chi connectivity index (χ3n) is 5.81. The van der Waals surface area contributed by atoms with Crippen LogP contribution in [0.5, 0.6) is 0 Å². The first-order valence-electron chi connectivity index (χ1n) is 10.7. The van der Waals surface area contributed by atoms with Gasteiger partial charge in [-0.05, 0) is 36.4 Å². The second-order valence-electron chi connectivity index (χ2n) is 7.93. The van der Waals surface area contributed by atoms with E-state index in [4.69, 9.17) is 11.6 Å². The number of carbonyl (C=O) groups excluding carboxylic acids is 1. The summed E-state index contributed by atoms with van der Waals surface area (Å²) in [5.74, 6) is -3.71. The molecular formula is C22H18ClF2N7O3S. The number of amides is 1. The predicted octanol–water partition coefficient (Wildman–Crippen LogP) is 2.82. The second kappa shape index (κ2) is 9.39. The maximum absolute atomic E-state index is 13.1. The van der Waals surface area contributed by atoms with Crippen LogP contribution < -0.4 is 4.90 Å². The van der Waals surface area contributed by atoms with E-state index in [2.05, 4.69) is 20.3 Å². The zero-order valence-electron chi connectivity index (χ0n) is 18.5. The summed E-state index contributed by atoms with van der Waals surface area (Å²) in [5.41, 5.74) is 1.41. The minimum atomic E-state index is -4.93. The Balaban J connectivity index is 1.37. The van der Waals surface area contributed by atoms with E-state index in [1.807, 2.05) is 4.90 Å². The molecule has 10 nitrogen and oxygen atoms in total. The number of piperazine rings is 1. The van der Waals surface area contributed by atoms with Crippen molar-refractivity contribution in [2.45, 2.75) is 10.7 Å². The highest BCUT2D eigenvalue weighted by molar-refractivity contribution is 7.91. The molecule has 1 aliphatic heterocycles. The monoisotopic (exact) mass is 533 g/mol. The number of fused-ring (bicyclic) bond motifs is 1. The SMILES string of the molecule is O=C(c1ccccc1S(=O)(=O)C(F)F)N1CCN(c2ncnc3c2nnn3-c2ccc(Cl)cc2)CC1. The molecule has 2 aromatic carbocycles. The summed E-state index contributed by atoms with van der Waals surface area (Å²) in [4.78, 5) is 24.4. The second-order valence-corrected chi connectivity index (χ2v) is 10.3. The third kappa shape index (κ3) is 4.24. The zero-order chi connectivity index (χ0) is 25.4. The number of hydrogen-bond donors (Lipinski definition) is 0. The molecule has 186 valence electrons. The Morgan fingerprint density at radius 1 is 0.972 bits per heavy atom. The van der Waals surface area contributed by atoms with Crippen LogP contribution in [0.15, 0.2) is 59.8 Å². The van der Waals surface area contributed by atoms with Crippen molar-refractivity contribution in [2.24, 2.45) is 0 Å². The molecule has 4 aromatic rings. The number of carbonyl (C=O) groups is 1. The molecule has 14 heteroatoms. The highest BCUT2D eigenvalue weighted by Gasteiger charge is 2.33. The van der Waals surface area contributed by atoms with Gasteiger partial charge in [0.1, 0.15) is 6.33 Å². The van der Waals surface area contributed by atoms with E-state index < -0.39 is 26.4 Å². The Kier molecular flexibility index (Phi) is 6.26. The Morgan fingerprint density at radius 2 is 1.67 bits per heavy atom. The summed E-state index contributed by atoms with van der Waals surface area (Å²) >= 11 is 5.97. The molecule has 3 heterocycles. The summed E-state index contributed by atoms with van der Waals surface area (Å²) in [7, 11) is -4.93. The van der Waals surface area contributed by atoms with Crippen molar-refractivity contribution in [3.63, 3.8) is 0 Å². The van der Waals surface area contributed by atoms with Crippen LogP contribution in [0, 0.1) is 0 Å². The molecule has 0 radical (unpaired) electrons. The number of halogens is 3. The highest BCUT2D eigenvalue weighted by Crippen LogP contribution is 2.26. The molecule has 0 atom stereocenters. The van der Waals surface area contributed by atoms with E-state index in [1.54, 1.807) is 28.9 Å². The molecular weight excluding hydrogens is 516 g/mol. The van der Waals surface area contributed by atoms with Crippen LogP contribution in [0.2, 0.25) is 5.02 Å². The largest absolute Gasteiger partial charge is 0.351 e. The maximum atomic E-state index is 13.1. The van der Waals surface area contributed by atoms with Crippen molar-refractivity contribution in [1.29, 1.82) is 0 Å². The van der Waals surface area contributed by atoms with Gasteiger partial charge in [0.15, 0.2) is 17.0 Å². The van der Waals surface area contributed by atoms with E-state index in [1.165, 1.54) is 29.4 Å². The normalized spacial score (nSPS) is 14.6. The lowest BCUT2D eigenvalue weighted by Crippen LogP contribution is -2.49. The standard InChI is InChI=1S/C22H18ClF2N7O3S/c23-14-5-7-15(8-6-14)32-20-18(28-29-32)19(26-13-27-20)30-9-11-31(12-10-30)21(33)16-3-1-2-4-17(16)36(34,35)22(24)25/h1-8,13,22H,9-12H2. The minimum Gasteiger partial charge on any atom is -0.351 e. The van der Waals surface area contributed by atoms with E-state index >= 15 is 0 Å². The molecule has 36 heavy (non-hydrogen) atoms. The number of anilines is 1. The van der Waals surface area contributed by atoms with E-state index in [0.717, 1.165) is 11.8 Å². The van der Waals surface area contributed by atoms with Crippen LogP contribution in [0.4, 0.5) is 14.6 Å². The third-order valence-corrected chi connectivity index (χ3v) is 7.50. The first-order chi connectivity index (χ1) is 17.3. The fourth-order valence-corrected chi connectivity index (χ4v) is 5.05. The van der Waals surface area contributed by atoms with Crippen molar-refractivity contribution in [3.05, 3.63) is 65.4 Å². The van der Waals surface area contributed by atoms with Gasteiger partial charge in [0.25, 0.3) is 5.91 Å². The first kappa shape index (κ1) is 24.0. The summed E-state index contributed by atoms with van der Waals surface area (Å²) in [6, 6.07) is 12.0. The molecule has 1 amide bonds. The minimum absolute atomic E-state index is 0.221. The van der Waals surface area contributed by atoms with Gasteiger partial charge in [0, 0.05) is 31.2 Å². The van der Waals surface area contributed by atoms with Crippen LogP contribution in [0.1, 0.15) is 10.4 Å². The number of hydrogen-bond acceptors (Lipinski definition) is 8. The van der Waals surface area contributed by atoms with Crippen molar-refractivity contribution in [3.8, 4) is 5.69 Å². The smallest absolute Gasteiger partial charge is 0.341 e. The first-order valence-corrected chi connectivity index (χ1v) is 12.7. The average molecular weight is 534 g/mol. The number of alkyl halides is 2. The molecule has 0 spiro atoms. The molecule has 1 aliphatic rings. The van der Waals surface area contributed by atoms with E-state index in [-0.39, 0.29) is 18.7 Å². The van der Waals surface area contributed by atoms with Crippen LogP contribution in [0.3, 0.4) is 0 Å². The van der Waals surface area contributed by atoms with Gasteiger partial charge < -0.3 is 9.80 Å². The molecule has 1 fully saturated rings. The summed E-state index contributed by atoms with van der Waals surface area (Å²) in [5, 5.41) is 9.02. The Hall–Kier alpha value is -3.71. The number of aromatic nitrogens is 5. The Bertz CT molecular complexity index is 1540. The summed E-state index contributed by atoms with van der Waals surface area (Å²) in [6.45, 7) is 1.16. The average Bonchev–Trinajstić information content (AvgIpc) is 3.33. The van der Waals surface area contributed by atoms with Gasteiger partial charge in [0.05, 0.1) is 16.1 Å². The molecule has 0 bridgehead atoms. The van der Waals surface area contributed by atoms with Gasteiger partial charge in [-0.1, -0.05) is 28.9 Å². The van der Waals surface area contributed by atoms with Crippen molar-refractivity contribution in [1.82, 2.24) is 29.9 Å². The lowest BCUT2D eigenvalue weighted by molar-refractivity contribution is 0.0742. The molecule has 1 saturated heterocycles. The van der Waals surface area contributed by atoms with Gasteiger partial charge in [-0.2, -0.15) is 13.5 Å². The quantitative estimate of drug-likeness (QED) is 0.385. The van der Waals surface area contributed by atoms with Gasteiger partial charge in [-0.15, -0.1) is 5.10 Å². The molecule has 0 saturated carbocycles. The van der Waals surface area contributed by atoms with E-state index in [0.29, 0.717) is 35.1 Å². The number of sulfone groups is 1. The van der Waals surface area contributed by atoms with Crippen LogP contribution in [0.25, 0.3) is 16.9 Å². The van der Waals surface area contributed by atoms with Crippen LogP contribution in [-0.2, 0) is 9.84 Å². The lowest BCUT2D eigenvalue weighted by Gasteiger charge is -2.35. The Morgan fingerprint density at radius 3 is 2.36 bits per heavy atom. The summed E-state index contributed by atoms with van der Waals surface area (Å²) in [6.07, 6.45) is 1.40. The number of nitrogens with zero attached hydrogens (tertiary/aromatic N) is 7. The van der Waals surface area contributed by atoms with Gasteiger partial charge in [0.2, 0.25) is 9.84 Å². The van der Waals surface area contributed by atoms with Gasteiger partial charge in [-0.25, -0.2) is 18.4 Å². The van der Waals surface area contributed by atoms with Gasteiger partial charge in [-0.3, -0.25) is 4.79 Å². The van der Waals surface area contributed by atoms with Crippen molar-refractivity contribution >= 4 is 44.3 Å². The van der Waals surface area contributed by atoms with Crippen LogP contribution >= 0.6 is 11.6 Å². The van der Waals surface area contributed by atoms with Crippen molar-refractivity contribution in [2.75, 3.05) is 31.1 Å². The van der Waals surface area contributed by atoms with Gasteiger partial charge >= 0.3 is 5.76 Å². The number of benzene rings is 2. The predicted molar refractivity (Wildman–Crippen MR) is 127 cm³/mol. The summed E-state index contributed by atoms with van der Waals surface area (Å²) < 4.78 is 51.9. The molecule has 5 rings (SSSR count). The highest BCUT2D eigenvalue weighted by atomic mass is 35.5. The molecule has 0 aliphatic carbocycles. The molecule has 0 N–H and O–H groups in total. The van der Waals surface area contributed by atoms with Crippen molar-refractivity contribution < 1.29 is 22.0 Å². The topological polar surface area (TPSA) is 114 Å². The molecule has 2 aromatic heterocycles. The fourth-order valence-electron chi connectivity index (χ4n) is 4.00. The lowest BCUT2D eigenvalue weighted by atomic mass is 10.2. The number of rotatable bonds is 5. The maximum Gasteiger partial charge on any atom is 0.341 e. The fraction of sp³-hybridized carbons (Fsp3) is 0.227. The van der Waals surface area contributed by atoms with E-state index in [9.17, 15) is 22.0 Å². The zero-order valence-corrected chi connectivity index (χ0v) is 20.1. The van der Waals surface area contributed by atoms with Crippen LogP contribution in [-0.4, -0.2) is 76.1 Å². The Labute approximate surface area is 209 Å².